The predicted molar refractivity (Wildman–Crippen MR) is 80.1 cm³/mol. The molecular formula is C15H11ClN4O. The van der Waals surface area contributed by atoms with Crippen LogP contribution in [0, 0.1) is 0 Å². The van der Waals surface area contributed by atoms with Gasteiger partial charge in [-0.15, -0.1) is 0 Å². The van der Waals surface area contributed by atoms with Crippen molar-refractivity contribution < 1.29 is 4.74 Å². The standard InChI is InChI=1S/C15H11ClN4O/c1-21-13-8-19-15(20-9-13)11-6-17-14(18-7-11)10-2-4-12(16)5-3-10/h2-9H,1H3. The van der Waals surface area contributed by atoms with E-state index in [2.05, 4.69) is 19.9 Å². The van der Waals surface area contributed by atoms with E-state index in [0.29, 0.717) is 22.4 Å². The van der Waals surface area contributed by atoms with Crippen LogP contribution in [0.25, 0.3) is 22.8 Å². The summed E-state index contributed by atoms with van der Waals surface area (Å²) in [6, 6.07) is 7.37. The Morgan fingerprint density at radius 2 is 1.29 bits per heavy atom. The maximum absolute atomic E-state index is 5.86. The van der Waals surface area contributed by atoms with Crippen molar-refractivity contribution in [3.05, 3.63) is 54.1 Å². The molecule has 0 fully saturated rings. The molecule has 0 atom stereocenters. The Morgan fingerprint density at radius 3 is 1.86 bits per heavy atom. The molecule has 0 saturated heterocycles. The number of hydrogen-bond acceptors (Lipinski definition) is 5. The molecule has 21 heavy (non-hydrogen) atoms. The topological polar surface area (TPSA) is 60.8 Å². The third-order valence-corrected chi connectivity index (χ3v) is 3.13. The molecule has 0 bridgehead atoms. The summed E-state index contributed by atoms with van der Waals surface area (Å²) in [7, 11) is 1.57. The lowest BCUT2D eigenvalue weighted by atomic mass is 10.2. The van der Waals surface area contributed by atoms with Crippen LogP contribution in [0.1, 0.15) is 0 Å². The van der Waals surface area contributed by atoms with Gasteiger partial charge in [-0.25, -0.2) is 19.9 Å². The molecule has 1 aromatic carbocycles. The van der Waals surface area contributed by atoms with E-state index in [4.69, 9.17) is 16.3 Å². The number of rotatable bonds is 3. The monoisotopic (exact) mass is 298 g/mol. The van der Waals surface area contributed by atoms with Crippen LogP contribution in [0.5, 0.6) is 5.75 Å². The second-order valence-corrected chi connectivity index (χ2v) is 4.69. The summed E-state index contributed by atoms with van der Waals surface area (Å²) >= 11 is 5.86. The first-order valence-electron chi connectivity index (χ1n) is 6.20. The molecule has 0 radical (unpaired) electrons. The van der Waals surface area contributed by atoms with E-state index >= 15 is 0 Å². The lowest BCUT2D eigenvalue weighted by Gasteiger charge is -2.03. The lowest BCUT2D eigenvalue weighted by molar-refractivity contribution is 0.411. The molecule has 0 aliphatic carbocycles. The van der Waals surface area contributed by atoms with Crippen molar-refractivity contribution in [2.45, 2.75) is 0 Å². The van der Waals surface area contributed by atoms with Crippen molar-refractivity contribution in [1.82, 2.24) is 19.9 Å². The normalized spacial score (nSPS) is 10.4. The van der Waals surface area contributed by atoms with E-state index in [9.17, 15) is 0 Å². The minimum atomic E-state index is 0.554. The van der Waals surface area contributed by atoms with Crippen LogP contribution in [0.3, 0.4) is 0 Å². The second kappa shape index (κ2) is 5.85. The molecule has 2 heterocycles. The molecule has 0 aliphatic rings. The number of methoxy groups -OCH3 is 1. The fraction of sp³-hybridized carbons (Fsp3) is 0.0667. The summed E-state index contributed by atoms with van der Waals surface area (Å²) < 4.78 is 5.02. The molecule has 2 aromatic heterocycles. The Kier molecular flexibility index (Phi) is 3.75. The third kappa shape index (κ3) is 2.98. The van der Waals surface area contributed by atoms with Gasteiger partial charge in [0.2, 0.25) is 0 Å². The van der Waals surface area contributed by atoms with Crippen LogP contribution in [-0.4, -0.2) is 27.0 Å². The molecule has 3 aromatic rings. The number of nitrogens with zero attached hydrogens (tertiary/aromatic N) is 4. The van der Waals surface area contributed by atoms with Gasteiger partial charge in [0.1, 0.15) is 0 Å². The number of halogens is 1. The summed E-state index contributed by atoms with van der Waals surface area (Å²) in [5.41, 5.74) is 1.65. The highest BCUT2D eigenvalue weighted by molar-refractivity contribution is 6.30. The average molecular weight is 299 g/mol. The Bertz CT molecular complexity index is 727. The Balaban J connectivity index is 1.87. The summed E-state index contributed by atoms with van der Waals surface area (Å²) in [6.45, 7) is 0. The van der Waals surface area contributed by atoms with Gasteiger partial charge < -0.3 is 4.74 Å². The summed E-state index contributed by atoms with van der Waals surface area (Å²) in [6.07, 6.45) is 6.60. The highest BCUT2D eigenvalue weighted by Crippen LogP contribution is 2.20. The molecule has 0 aliphatic heterocycles. The quantitative estimate of drug-likeness (QED) is 0.742. The van der Waals surface area contributed by atoms with E-state index in [1.807, 2.05) is 12.1 Å². The van der Waals surface area contributed by atoms with Crippen LogP contribution in [0.4, 0.5) is 0 Å². The predicted octanol–water partition coefficient (Wildman–Crippen LogP) is 3.26. The van der Waals surface area contributed by atoms with Gasteiger partial charge in [0.05, 0.1) is 25.1 Å². The Labute approximate surface area is 126 Å². The van der Waals surface area contributed by atoms with Gasteiger partial charge in [0.15, 0.2) is 17.4 Å². The van der Waals surface area contributed by atoms with Crippen LogP contribution in [-0.2, 0) is 0 Å². The SMILES string of the molecule is COc1cnc(-c2cnc(-c3ccc(Cl)cc3)nc2)nc1. The second-order valence-electron chi connectivity index (χ2n) is 4.25. The van der Waals surface area contributed by atoms with Crippen molar-refractivity contribution in [2.75, 3.05) is 7.11 Å². The average Bonchev–Trinajstić information content (AvgIpc) is 2.56. The van der Waals surface area contributed by atoms with Crippen molar-refractivity contribution >= 4 is 11.6 Å². The van der Waals surface area contributed by atoms with Crippen LogP contribution in [0.15, 0.2) is 49.1 Å². The number of ether oxygens (including phenoxy) is 1. The first-order chi connectivity index (χ1) is 10.3. The molecule has 104 valence electrons. The van der Waals surface area contributed by atoms with Gasteiger partial charge in [0.25, 0.3) is 0 Å². The molecule has 6 heteroatoms. The van der Waals surface area contributed by atoms with Crippen molar-refractivity contribution in [2.24, 2.45) is 0 Å². The van der Waals surface area contributed by atoms with Crippen molar-refractivity contribution in [3.63, 3.8) is 0 Å². The van der Waals surface area contributed by atoms with Crippen LogP contribution >= 0.6 is 11.6 Å². The smallest absolute Gasteiger partial charge is 0.162 e. The molecule has 0 spiro atoms. The van der Waals surface area contributed by atoms with Gasteiger partial charge >= 0.3 is 0 Å². The van der Waals surface area contributed by atoms with E-state index in [-0.39, 0.29) is 0 Å². The highest BCUT2D eigenvalue weighted by atomic mass is 35.5. The zero-order valence-electron chi connectivity index (χ0n) is 11.2. The molecule has 0 unspecified atom stereocenters. The number of hydrogen-bond donors (Lipinski definition) is 0. The fourth-order valence-corrected chi connectivity index (χ4v) is 1.89. The fourth-order valence-electron chi connectivity index (χ4n) is 1.76. The molecule has 3 rings (SSSR count). The minimum absolute atomic E-state index is 0.554. The van der Waals surface area contributed by atoms with Gasteiger partial charge in [-0.3, -0.25) is 0 Å². The van der Waals surface area contributed by atoms with Gasteiger partial charge in [-0.05, 0) is 24.3 Å². The van der Waals surface area contributed by atoms with E-state index < -0.39 is 0 Å². The zero-order valence-corrected chi connectivity index (χ0v) is 11.9. The Hall–Kier alpha value is -2.53. The van der Waals surface area contributed by atoms with Crippen LogP contribution in [0.2, 0.25) is 5.02 Å². The van der Waals surface area contributed by atoms with Crippen LogP contribution < -0.4 is 4.74 Å². The maximum Gasteiger partial charge on any atom is 0.162 e. The summed E-state index contributed by atoms with van der Waals surface area (Å²) in [4.78, 5) is 17.1. The van der Waals surface area contributed by atoms with Crippen molar-refractivity contribution in [3.8, 4) is 28.5 Å². The largest absolute Gasteiger partial charge is 0.494 e. The Morgan fingerprint density at radius 1 is 0.762 bits per heavy atom. The molecule has 0 amide bonds. The zero-order chi connectivity index (χ0) is 14.7. The van der Waals surface area contributed by atoms with E-state index in [0.717, 1.165) is 11.1 Å². The molecule has 5 nitrogen and oxygen atoms in total. The third-order valence-electron chi connectivity index (χ3n) is 2.88. The number of aromatic nitrogens is 4. The maximum atomic E-state index is 5.86. The molecule has 0 saturated carbocycles. The summed E-state index contributed by atoms with van der Waals surface area (Å²) in [5.74, 6) is 1.79. The summed E-state index contributed by atoms with van der Waals surface area (Å²) in [5, 5.41) is 0.682. The first kappa shape index (κ1) is 13.5. The van der Waals surface area contributed by atoms with Gasteiger partial charge in [-0.1, -0.05) is 11.6 Å². The van der Waals surface area contributed by atoms with Crippen molar-refractivity contribution in [1.29, 1.82) is 0 Å². The molecule has 0 N–H and O–H groups in total. The molecular weight excluding hydrogens is 288 g/mol. The highest BCUT2D eigenvalue weighted by Gasteiger charge is 2.05. The van der Waals surface area contributed by atoms with E-state index in [1.54, 1.807) is 44.0 Å². The van der Waals surface area contributed by atoms with Gasteiger partial charge in [0, 0.05) is 23.0 Å². The number of benzene rings is 1. The van der Waals surface area contributed by atoms with E-state index in [1.165, 1.54) is 0 Å². The van der Waals surface area contributed by atoms with Gasteiger partial charge in [-0.2, -0.15) is 0 Å². The minimum Gasteiger partial charge on any atom is -0.494 e. The lowest BCUT2D eigenvalue weighted by Crippen LogP contribution is -1.94. The first-order valence-corrected chi connectivity index (χ1v) is 6.58.